The van der Waals surface area contributed by atoms with E-state index in [1.54, 1.807) is 0 Å². The molecule has 2 N–H and O–H groups in total. The number of allylic oxidation sites excluding steroid dienone is 6. The lowest BCUT2D eigenvalue weighted by Crippen LogP contribution is -2.20. The third kappa shape index (κ3) is 5.44. The highest BCUT2D eigenvalue weighted by atomic mass is 14.8. The van der Waals surface area contributed by atoms with Crippen LogP contribution in [0.2, 0.25) is 0 Å². The Morgan fingerprint density at radius 3 is 1.49 bits per heavy atom. The molecule has 4 heteroatoms. The standard InChI is InChI=1S/C47H34N4/c1-2-15-35-36-30-48-47(35)46(34-22-13-6-14-23-34)42-29-28-41(51-42)45(33-20-11-5-12-21-33)40-27-26-39(50-40)44(32-18-9-4-10-19-32)38-25-24-37(49-38)43(36)31-16-7-3-8-17-31/h2-14,16-30,48,51H,1,15H2. The number of fused-ring (bicyclic) bond motifs is 6. The van der Waals surface area contributed by atoms with Crippen molar-refractivity contribution < 1.29 is 0 Å². The first kappa shape index (κ1) is 30.3. The van der Waals surface area contributed by atoms with Crippen LogP contribution in [0.1, 0.15) is 39.1 Å². The van der Waals surface area contributed by atoms with Crippen LogP contribution < -0.4 is 10.7 Å². The number of hydrogen-bond donors (Lipinski definition) is 2. The van der Waals surface area contributed by atoms with E-state index in [2.05, 4.69) is 174 Å². The van der Waals surface area contributed by atoms with Crippen molar-refractivity contribution >= 4 is 33.7 Å². The fourth-order valence-corrected chi connectivity index (χ4v) is 7.39. The molecule has 0 amide bonds. The molecular formula is C47H34N4. The predicted molar refractivity (Wildman–Crippen MR) is 211 cm³/mol. The van der Waals surface area contributed by atoms with E-state index in [4.69, 9.17) is 9.98 Å². The van der Waals surface area contributed by atoms with Gasteiger partial charge in [-0.3, -0.25) is 0 Å². The Bertz CT molecular complexity index is 2620. The highest BCUT2D eigenvalue weighted by Gasteiger charge is 2.26. The van der Waals surface area contributed by atoms with Crippen LogP contribution >= 0.6 is 0 Å². The zero-order valence-corrected chi connectivity index (χ0v) is 28.0. The van der Waals surface area contributed by atoms with Crippen LogP contribution in [0.15, 0.2) is 198 Å². The lowest BCUT2D eigenvalue weighted by molar-refractivity contribution is 1.19. The summed E-state index contributed by atoms with van der Waals surface area (Å²) in [6, 6.07) is 46.5. The Kier molecular flexibility index (Phi) is 7.67. The number of aliphatic imine (C=N–C) groups is 2. The minimum atomic E-state index is 0.670. The van der Waals surface area contributed by atoms with Crippen molar-refractivity contribution in [3.8, 4) is 0 Å². The van der Waals surface area contributed by atoms with Gasteiger partial charge in [0, 0.05) is 44.8 Å². The maximum absolute atomic E-state index is 5.42. The molecule has 0 spiro atoms. The van der Waals surface area contributed by atoms with Gasteiger partial charge in [-0.15, -0.1) is 6.58 Å². The second-order valence-electron chi connectivity index (χ2n) is 12.7. The van der Waals surface area contributed by atoms with E-state index in [1.807, 2.05) is 12.1 Å². The molecule has 51 heavy (non-hydrogen) atoms. The summed E-state index contributed by atoms with van der Waals surface area (Å²) in [6.45, 7) is 4.21. The lowest BCUT2D eigenvalue weighted by atomic mass is 9.90. The first-order chi connectivity index (χ1) is 25.3. The summed E-state index contributed by atoms with van der Waals surface area (Å²) in [5, 5.41) is 2.00. The summed E-state index contributed by atoms with van der Waals surface area (Å²) in [7, 11) is 0. The van der Waals surface area contributed by atoms with Gasteiger partial charge in [0.1, 0.15) is 0 Å². The van der Waals surface area contributed by atoms with Crippen LogP contribution in [-0.4, -0.2) is 21.4 Å². The first-order valence-electron chi connectivity index (χ1n) is 17.3. The Labute approximate surface area is 297 Å². The lowest BCUT2D eigenvalue weighted by Gasteiger charge is -2.14. The van der Waals surface area contributed by atoms with E-state index in [1.165, 1.54) is 0 Å². The van der Waals surface area contributed by atoms with Crippen molar-refractivity contribution in [2.24, 2.45) is 9.98 Å². The van der Waals surface area contributed by atoms with E-state index in [-0.39, 0.29) is 0 Å². The molecule has 8 bridgehead atoms. The molecule has 2 aromatic heterocycles. The van der Waals surface area contributed by atoms with Gasteiger partial charge in [-0.1, -0.05) is 127 Å². The molecule has 0 atom stereocenters. The van der Waals surface area contributed by atoms with E-state index in [9.17, 15) is 0 Å². The molecule has 0 radical (unpaired) electrons. The van der Waals surface area contributed by atoms with Gasteiger partial charge in [0.05, 0.1) is 28.5 Å². The van der Waals surface area contributed by atoms with Crippen molar-refractivity contribution in [3.05, 3.63) is 238 Å². The van der Waals surface area contributed by atoms with Gasteiger partial charge >= 0.3 is 0 Å². The van der Waals surface area contributed by atoms with Gasteiger partial charge in [-0.25, -0.2) is 9.98 Å². The molecule has 0 unspecified atom stereocenters. The number of nitrogens with zero attached hydrogens (tertiary/aromatic N) is 2. The summed E-state index contributed by atoms with van der Waals surface area (Å²) in [6.07, 6.45) is 13.3. The smallest absolute Gasteiger partial charge is 0.0738 e. The fraction of sp³-hybridized carbons (Fsp3) is 0.0213. The third-order valence-electron chi connectivity index (χ3n) is 9.63. The van der Waals surface area contributed by atoms with Crippen molar-refractivity contribution in [1.29, 1.82) is 0 Å². The molecule has 0 saturated heterocycles. The monoisotopic (exact) mass is 654 g/mol. The molecule has 3 aliphatic rings. The van der Waals surface area contributed by atoms with E-state index < -0.39 is 0 Å². The number of nitrogens with one attached hydrogen (secondary N) is 2. The zero-order chi connectivity index (χ0) is 34.1. The molecular weight excluding hydrogens is 621 g/mol. The van der Waals surface area contributed by atoms with Crippen LogP contribution in [-0.2, 0) is 6.42 Å². The highest BCUT2D eigenvalue weighted by molar-refractivity contribution is 6.35. The zero-order valence-electron chi connectivity index (χ0n) is 28.0. The minimum absolute atomic E-state index is 0.670. The molecule has 0 fully saturated rings. The number of rotatable bonds is 6. The van der Waals surface area contributed by atoms with Gasteiger partial charge < -0.3 is 9.97 Å². The number of H-pyrrole nitrogens is 2. The van der Waals surface area contributed by atoms with Crippen LogP contribution in [0.5, 0.6) is 0 Å². The Hall–Kier alpha value is -6.78. The summed E-state index contributed by atoms with van der Waals surface area (Å²) < 4.78 is 0. The molecule has 4 aromatic carbocycles. The number of aromatic amines is 2. The topological polar surface area (TPSA) is 56.3 Å². The van der Waals surface area contributed by atoms with Gasteiger partial charge in [-0.05, 0) is 70.7 Å². The van der Waals surface area contributed by atoms with Crippen molar-refractivity contribution in [2.45, 2.75) is 6.42 Å². The van der Waals surface area contributed by atoms with Crippen molar-refractivity contribution in [3.63, 3.8) is 0 Å². The molecule has 0 aliphatic carbocycles. The Morgan fingerprint density at radius 1 is 0.490 bits per heavy atom. The minimum Gasteiger partial charge on any atom is -0.360 e. The summed E-state index contributed by atoms with van der Waals surface area (Å²) in [5.74, 6) is 0. The SMILES string of the molecule is C=CCc1c2c[nH]c1C(c1ccccc1)=c1ccc([nH]1)=C(c1ccccc1)C1=NC(=C(c3ccccc3)C3=NC(=C2c2ccccc2)C=C3)C=C1. The molecule has 3 aliphatic heterocycles. The molecule has 0 saturated carbocycles. The van der Waals surface area contributed by atoms with Gasteiger partial charge in [0.15, 0.2) is 0 Å². The number of aromatic nitrogens is 2. The third-order valence-corrected chi connectivity index (χ3v) is 9.63. The average molecular weight is 655 g/mol. The molecule has 5 heterocycles. The van der Waals surface area contributed by atoms with Crippen LogP contribution in [0, 0.1) is 0 Å². The van der Waals surface area contributed by atoms with E-state index in [0.717, 1.165) is 94.9 Å². The summed E-state index contributed by atoms with van der Waals surface area (Å²) >= 11 is 0. The number of benzene rings is 4. The summed E-state index contributed by atoms with van der Waals surface area (Å²) in [4.78, 5) is 18.4. The second kappa shape index (κ2) is 12.9. The second-order valence-corrected chi connectivity index (χ2v) is 12.7. The van der Waals surface area contributed by atoms with Gasteiger partial charge in [-0.2, -0.15) is 0 Å². The van der Waals surface area contributed by atoms with E-state index in [0.29, 0.717) is 6.42 Å². The average Bonchev–Trinajstić information content (AvgIpc) is 4.02. The Morgan fingerprint density at radius 2 is 0.941 bits per heavy atom. The van der Waals surface area contributed by atoms with Gasteiger partial charge in [0.25, 0.3) is 0 Å². The quantitative estimate of drug-likeness (QED) is 0.169. The van der Waals surface area contributed by atoms with Crippen molar-refractivity contribution in [1.82, 2.24) is 9.97 Å². The largest absolute Gasteiger partial charge is 0.360 e. The maximum Gasteiger partial charge on any atom is 0.0738 e. The van der Waals surface area contributed by atoms with Crippen molar-refractivity contribution in [2.75, 3.05) is 0 Å². The molecule has 242 valence electrons. The fourth-order valence-electron chi connectivity index (χ4n) is 7.39. The first-order valence-corrected chi connectivity index (χ1v) is 17.3. The van der Waals surface area contributed by atoms with Gasteiger partial charge in [0.2, 0.25) is 0 Å². The Balaban J connectivity index is 1.46. The summed E-state index contributed by atoms with van der Waals surface area (Å²) in [5.41, 5.74) is 15.4. The number of hydrogen-bond acceptors (Lipinski definition) is 2. The molecule has 9 rings (SSSR count). The normalized spacial score (nSPS) is 15.1. The highest BCUT2D eigenvalue weighted by Crippen LogP contribution is 2.38. The predicted octanol–water partition coefficient (Wildman–Crippen LogP) is 8.72. The molecule has 4 nitrogen and oxygen atoms in total. The van der Waals surface area contributed by atoms with Crippen LogP contribution in [0.3, 0.4) is 0 Å². The van der Waals surface area contributed by atoms with Crippen LogP contribution in [0.25, 0.3) is 22.3 Å². The maximum atomic E-state index is 5.42. The van der Waals surface area contributed by atoms with Crippen LogP contribution in [0.4, 0.5) is 0 Å². The molecule has 6 aromatic rings. The van der Waals surface area contributed by atoms with E-state index >= 15 is 0 Å².